The van der Waals surface area contributed by atoms with Crippen molar-refractivity contribution in [1.82, 2.24) is 10.6 Å². The fraction of sp³-hybridized carbons (Fsp3) is 0.929. The number of amides is 2. The third kappa shape index (κ3) is 7.38. The minimum Gasteiger partial charge on any atom is -0.381 e. The van der Waals surface area contributed by atoms with Gasteiger partial charge in [-0.2, -0.15) is 0 Å². The van der Waals surface area contributed by atoms with Crippen molar-refractivity contribution in [2.45, 2.75) is 39.7 Å². The van der Waals surface area contributed by atoms with E-state index in [9.17, 15) is 4.79 Å². The quantitative estimate of drug-likeness (QED) is 0.662. The first-order chi connectivity index (χ1) is 9.09. The lowest BCUT2D eigenvalue weighted by atomic mass is 10.1. The van der Waals surface area contributed by atoms with Gasteiger partial charge in [-0.15, -0.1) is 0 Å². The van der Waals surface area contributed by atoms with Crippen LogP contribution in [0.3, 0.4) is 0 Å². The molecule has 0 aliphatic carbocycles. The van der Waals surface area contributed by atoms with Crippen LogP contribution in [0.25, 0.3) is 0 Å². The number of urea groups is 1. The molecule has 1 saturated heterocycles. The molecular weight excluding hydrogens is 244 g/mol. The van der Waals surface area contributed by atoms with Crippen molar-refractivity contribution < 1.29 is 14.3 Å². The van der Waals surface area contributed by atoms with E-state index in [1.54, 1.807) is 0 Å². The van der Waals surface area contributed by atoms with Gasteiger partial charge in [0, 0.05) is 31.7 Å². The molecule has 1 rings (SSSR count). The molecule has 5 heteroatoms. The Hall–Kier alpha value is -0.810. The molecule has 0 saturated carbocycles. The van der Waals surface area contributed by atoms with Crippen LogP contribution in [0.15, 0.2) is 0 Å². The summed E-state index contributed by atoms with van der Waals surface area (Å²) in [5, 5.41) is 5.75. The van der Waals surface area contributed by atoms with Crippen molar-refractivity contribution in [1.29, 1.82) is 0 Å². The second-order valence-electron chi connectivity index (χ2n) is 5.59. The summed E-state index contributed by atoms with van der Waals surface area (Å²) in [6.45, 7) is 10.00. The van der Waals surface area contributed by atoms with Crippen molar-refractivity contribution >= 4 is 6.03 Å². The Balaban J connectivity index is 1.90. The first kappa shape index (κ1) is 16.2. The maximum absolute atomic E-state index is 11.5. The summed E-state index contributed by atoms with van der Waals surface area (Å²) in [5.74, 6) is 1.01. The maximum atomic E-state index is 11.5. The Morgan fingerprint density at radius 2 is 2.21 bits per heavy atom. The highest BCUT2D eigenvalue weighted by Crippen LogP contribution is 2.12. The van der Waals surface area contributed by atoms with Gasteiger partial charge in [-0.3, -0.25) is 0 Å². The molecule has 0 aromatic carbocycles. The molecule has 2 N–H and O–H groups in total. The average Bonchev–Trinajstić information content (AvgIpc) is 2.86. The van der Waals surface area contributed by atoms with E-state index in [2.05, 4.69) is 24.5 Å². The van der Waals surface area contributed by atoms with Crippen molar-refractivity contribution in [2.24, 2.45) is 11.8 Å². The molecule has 0 radical (unpaired) electrons. The number of hydrogen-bond acceptors (Lipinski definition) is 3. The summed E-state index contributed by atoms with van der Waals surface area (Å²) in [5.41, 5.74) is 0. The Morgan fingerprint density at radius 1 is 1.42 bits per heavy atom. The number of ether oxygens (including phenoxy) is 2. The highest BCUT2D eigenvalue weighted by Gasteiger charge is 2.15. The average molecular weight is 272 g/mol. The number of hydrogen-bond donors (Lipinski definition) is 2. The minimum absolute atomic E-state index is 0.0922. The van der Waals surface area contributed by atoms with E-state index < -0.39 is 0 Å². The van der Waals surface area contributed by atoms with Gasteiger partial charge < -0.3 is 20.1 Å². The molecule has 0 bridgehead atoms. The monoisotopic (exact) mass is 272 g/mol. The Bertz CT molecular complexity index is 253. The molecule has 1 heterocycles. The number of nitrogens with one attached hydrogen (secondary N) is 2. The summed E-state index contributed by atoms with van der Waals surface area (Å²) in [7, 11) is 0. The lowest BCUT2D eigenvalue weighted by Crippen LogP contribution is -2.43. The van der Waals surface area contributed by atoms with Crippen LogP contribution in [0.4, 0.5) is 4.79 Å². The van der Waals surface area contributed by atoms with E-state index in [4.69, 9.17) is 9.47 Å². The standard InChI is InChI=1S/C14H28N2O3/c1-11(2)12(3)16-14(17)15-6-4-7-18-9-13-5-8-19-10-13/h11-13H,4-10H2,1-3H3,(H2,15,16,17). The van der Waals surface area contributed by atoms with Crippen molar-refractivity contribution in [2.75, 3.05) is 33.0 Å². The molecule has 2 unspecified atom stereocenters. The van der Waals surface area contributed by atoms with E-state index in [0.717, 1.165) is 32.7 Å². The number of carbonyl (C=O) groups excluding carboxylic acids is 1. The molecule has 1 aliphatic rings. The third-order valence-electron chi connectivity index (χ3n) is 3.49. The third-order valence-corrected chi connectivity index (χ3v) is 3.49. The summed E-state index contributed by atoms with van der Waals surface area (Å²) < 4.78 is 10.8. The summed E-state index contributed by atoms with van der Waals surface area (Å²) in [4.78, 5) is 11.5. The van der Waals surface area contributed by atoms with Crippen LogP contribution in [0.5, 0.6) is 0 Å². The van der Waals surface area contributed by atoms with Crippen LogP contribution in [0, 0.1) is 11.8 Å². The van der Waals surface area contributed by atoms with Crippen LogP contribution >= 0.6 is 0 Å². The number of carbonyl (C=O) groups is 1. The van der Waals surface area contributed by atoms with Gasteiger partial charge in [0.1, 0.15) is 0 Å². The molecule has 0 spiro atoms. The normalized spacial score (nSPS) is 20.5. The molecule has 112 valence electrons. The molecule has 1 aliphatic heterocycles. The molecule has 0 aromatic rings. The Morgan fingerprint density at radius 3 is 2.84 bits per heavy atom. The van der Waals surface area contributed by atoms with Crippen molar-refractivity contribution in [3.63, 3.8) is 0 Å². The minimum atomic E-state index is -0.0922. The Labute approximate surface area is 116 Å². The molecule has 2 atom stereocenters. The number of rotatable bonds is 8. The largest absolute Gasteiger partial charge is 0.381 e. The van der Waals surface area contributed by atoms with Crippen molar-refractivity contribution in [3.05, 3.63) is 0 Å². The van der Waals surface area contributed by atoms with Crippen LogP contribution in [-0.4, -0.2) is 45.0 Å². The zero-order chi connectivity index (χ0) is 14.1. The summed E-state index contributed by atoms with van der Waals surface area (Å²) >= 11 is 0. The fourth-order valence-electron chi connectivity index (χ4n) is 1.77. The predicted molar refractivity (Wildman–Crippen MR) is 75.2 cm³/mol. The smallest absolute Gasteiger partial charge is 0.315 e. The highest BCUT2D eigenvalue weighted by molar-refractivity contribution is 5.74. The van der Waals surface area contributed by atoms with Crippen LogP contribution < -0.4 is 10.6 Å². The van der Waals surface area contributed by atoms with Crippen LogP contribution in [0.1, 0.15) is 33.6 Å². The Kier molecular flexibility index (Phi) is 7.82. The summed E-state index contributed by atoms with van der Waals surface area (Å²) in [6.07, 6.45) is 1.95. The molecule has 2 amide bonds. The molecule has 1 fully saturated rings. The van der Waals surface area contributed by atoms with Gasteiger partial charge >= 0.3 is 6.03 Å². The van der Waals surface area contributed by atoms with Gasteiger partial charge in [-0.05, 0) is 25.7 Å². The van der Waals surface area contributed by atoms with Gasteiger partial charge in [0.05, 0.1) is 13.2 Å². The van der Waals surface area contributed by atoms with E-state index in [1.807, 2.05) is 6.92 Å². The van der Waals surface area contributed by atoms with Crippen molar-refractivity contribution in [3.8, 4) is 0 Å². The lowest BCUT2D eigenvalue weighted by Gasteiger charge is -2.17. The highest BCUT2D eigenvalue weighted by atomic mass is 16.5. The van der Waals surface area contributed by atoms with E-state index in [-0.39, 0.29) is 12.1 Å². The first-order valence-electron chi connectivity index (χ1n) is 7.29. The van der Waals surface area contributed by atoms with E-state index in [0.29, 0.717) is 25.0 Å². The topological polar surface area (TPSA) is 59.6 Å². The zero-order valence-corrected chi connectivity index (χ0v) is 12.4. The molecular formula is C14H28N2O3. The van der Waals surface area contributed by atoms with Gasteiger partial charge in [-0.1, -0.05) is 13.8 Å². The summed E-state index contributed by atoms with van der Waals surface area (Å²) in [6, 6.07) is 0.101. The van der Waals surface area contributed by atoms with Crippen LogP contribution in [-0.2, 0) is 9.47 Å². The SMILES string of the molecule is CC(C)C(C)NC(=O)NCCCOCC1CCOC1. The van der Waals surface area contributed by atoms with Gasteiger partial charge in [0.2, 0.25) is 0 Å². The molecule has 0 aromatic heterocycles. The predicted octanol–water partition coefficient (Wildman–Crippen LogP) is 1.77. The van der Waals surface area contributed by atoms with Gasteiger partial charge in [0.25, 0.3) is 0 Å². The zero-order valence-electron chi connectivity index (χ0n) is 12.4. The molecule has 5 nitrogen and oxygen atoms in total. The molecule has 19 heavy (non-hydrogen) atoms. The fourth-order valence-corrected chi connectivity index (χ4v) is 1.77. The maximum Gasteiger partial charge on any atom is 0.315 e. The second kappa shape index (κ2) is 9.15. The van der Waals surface area contributed by atoms with Gasteiger partial charge in [-0.25, -0.2) is 4.79 Å². The van der Waals surface area contributed by atoms with Crippen LogP contribution in [0.2, 0.25) is 0 Å². The van der Waals surface area contributed by atoms with E-state index in [1.165, 1.54) is 0 Å². The first-order valence-corrected chi connectivity index (χ1v) is 7.29. The lowest BCUT2D eigenvalue weighted by molar-refractivity contribution is 0.0885. The van der Waals surface area contributed by atoms with E-state index >= 15 is 0 Å². The van der Waals surface area contributed by atoms with Gasteiger partial charge in [0.15, 0.2) is 0 Å². The second-order valence-corrected chi connectivity index (χ2v) is 5.59.